The number of nitrogens with one attached hydrogen (secondary N) is 1. The lowest BCUT2D eigenvalue weighted by Gasteiger charge is -2.35. The predicted octanol–water partition coefficient (Wildman–Crippen LogP) is 6.37. The van der Waals surface area contributed by atoms with Gasteiger partial charge < -0.3 is 24.5 Å². The summed E-state index contributed by atoms with van der Waals surface area (Å²) in [6.45, 7) is 17.6. The largest absolute Gasteiger partial charge is 0.494 e. The van der Waals surface area contributed by atoms with Gasteiger partial charge >= 0.3 is 6.09 Å². The van der Waals surface area contributed by atoms with Crippen LogP contribution in [0.25, 0.3) is 10.8 Å². The fourth-order valence-electron chi connectivity index (χ4n) is 3.93. The highest BCUT2D eigenvalue weighted by molar-refractivity contribution is 5.90. The predicted molar refractivity (Wildman–Crippen MR) is 137 cm³/mol. The lowest BCUT2D eigenvalue weighted by Crippen LogP contribution is -2.41. The Hall–Kier alpha value is -2.70. The van der Waals surface area contributed by atoms with E-state index in [0.717, 1.165) is 19.3 Å². The van der Waals surface area contributed by atoms with Gasteiger partial charge in [-0.3, -0.25) is 4.79 Å². The summed E-state index contributed by atoms with van der Waals surface area (Å²) < 4.78 is 13.9. The zero-order valence-electron chi connectivity index (χ0n) is 22.1. The number of amides is 1. The van der Waals surface area contributed by atoms with Crippen molar-refractivity contribution in [2.75, 3.05) is 13.2 Å². The number of rotatable bonds is 10. The summed E-state index contributed by atoms with van der Waals surface area (Å²) in [6.07, 6.45) is 1.52. The highest BCUT2D eigenvalue weighted by atomic mass is 16.5. The van der Waals surface area contributed by atoms with Crippen LogP contribution in [0, 0.1) is 10.8 Å². The quantitative estimate of drug-likeness (QED) is 0.391. The molecule has 2 N–H and O–H groups in total. The van der Waals surface area contributed by atoms with Crippen LogP contribution in [0.15, 0.2) is 23.0 Å². The first kappa shape index (κ1) is 27.5. The smallest absolute Gasteiger partial charge is 0.405 e. The Labute approximate surface area is 203 Å². The van der Waals surface area contributed by atoms with Crippen molar-refractivity contribution in [1.82, 2.24) is 9.88 Å². The average molecular weight is 475 g/mol. The maximum absolute atomic E-state index is 13.8. The van der Waals surface area contributed by atoms with Crippen LogP contribution in [0.4, 0.5) is 4.79 Å². The molecule has 0 aliphatic rings. The zero-order chi connectivity index (χ0) is 25.7. The SMILES string of the molecule is CCCCOc1c(C(NC(=O)O)C(C)(C)C)n(CC(C)(C)C)c(=O)c2ccc(OCCC)cc12. The number of fused-ring (bicyclic) bond motifs is 1. The van der Waals surface area contributed by atoms with E-state index < -0.39 is 17.6 Å². The number of hydrogen-bond donors (Lipinski definition) is 2. The van der Waals surface area contributed by atoms with Gasteiger partial charge in [-0.25, -0.2) is 4.79 Å². The van der Waals surface area contributed by atoms with Gasteiger partial charge in [0.15, 0.2) is 0 Å². The Kier molecular flexibility index (Phi) is 9.03. The maximum Gasteiger partial charge on any atom is 0.405 e. The molecule has 0 aliphatic carbocycles. The van der Waals surface area contributed by atoms with Gasteiger partial charge in [0, 0.05) is 11.9 Å². The second kappa shape index (κ2) is 11.2. The second-order valence-electron chi connectivity index (χ2n) is 11.2. The van der Waals surface area contributed by atoms with Crippen molar-refractivity contribution in [2.45, 2.75) is 87.2 Å². The molecule has 1 aromatic heterocycles. The number of aromatic nitrogens is 1. The van der Waals surface area contributed by atoms with Crippen LogP contribution in [-0.2, 0) is 6.54 Å². The first-order chi connectivity index (χ1) is 15.8. The highest BCUT2D eigenvalue weighted by Crippen LogP contribution is 2.41. The van der Waals surface area contributed by atoms with Gasteiger partial charge in [-0.2, -0.15) is 0 Å². The van der Waals surface area contributed by atoms with E-state index in [-0.39, 0.29) is 11.0 Å². The molecule has 1 unspecified atom stereocenters. The van der Waals surface area contributed by atoms with Crippen LogP contribution < -0.4 is 20.3 Å². The zero-order valence-corrected chi connectivity index (χ0v) is 22.1. The molecular weight excluding hydrogens is 432 g/mol. The van der Waals surface area contributed by atoms with E-state index >= 15 is 0 Å². The lowest BCUT2D eigenvalue weighted by atomic mass is 9.83. The number of benzene rings is 1. The van der Waals surface area contributed by atoms with Crippen molar-refractivity contribution >= 4 is 16.9 Å². The second-order valence-corrected chi connectivity index (χ2v) is 11.2. The van der Waals surface area contributed by atoms with E-state index in [1.807, 2.05) is 39.8 Å². The number of ether oxygens (including phenoxy) is 2. The number of carboxylic acid groups (broad SMARTS) is 1. The number of nitrogens with zero attached hydrogens (tertiary/aromatic N) is 1. The highest BCUT2D eigenvalue weighted by Gasteiger charge is 2.35. The Morgan fingerprint density at radius 1 is 1.03 bits per heavy atom. The third-order valence-electron chi connectivity index (χ3n) is 5.49. The molecule has 7 nitrogen and oxygen atoms in total. The maximum atomic E-state index is 13.8. The molecule has 0 saturated carbocycles. The van der Waals surface area contributed by atoms with E-state index in [1.54, 1.807) is 10.6 Å². The summed E-state index contributed by atoms with van der Waals surface area (Å²) in [5.74, 6) is 1.20. The fourth-order valence-corrected chi connectivity index (χ4v) is 3.93. The van der Waals surface area contributed by atoms with Crippen molar-refractivity contribution < 1.29 is 19.4 Å². The summed E-state index contributed by atoms with van der Waals surface area (Å²) in [7, 11) is 0. The molecule has 0 radical (unpaired) electrons. The average Bonchev–Trinajstić information content (AvgIpc) is 2.72. The van der Waals surface area contributed by atoms with Crippen molar-refractivity contribution in [1.29, 1.82) is 0 Å². The standard InChI is InChI=1S/C27H42N2O5/c1-9-11-15-34-22-20-16-18(33-14-10-2)12-13-19(20)24(30)29(17-26(3,4)5)21(22)23(27(6,7)8)28-25(31)32/h12-13,16,23,28H,9-11,14-15,17H2,1-8H3,(H,31,32). The van der Waals surface area contributed by atoms with Crippen LogP contribution in [0.2, 0.25) is 0 Å². The van der Waals surface area contributed by atoms with Gasteiger partial charge in [-0.05, 0) is 41.9 Å². The van der Waals surface area contributed by atoms with Gasteiger partial charge in [-0.1, -0.05) is 61.8 Å². The molecular formula is C27H42N2O5. The summed E-state index contributed by atoms with van der Waals surface area (Å²) >= 11 is 0. The molecule has 0 saturated heterocycles. The molecule has 7 heteroatoms. The van der Waals surface area contributed by atoms with Gasteiger partial charge in [0.25, 0.3) is 5.56 Å². The molecule has 34 heavy (non-hydrogen) atoms. The topological polar surface area (TPSA) is 89.8 Å². The summed E-state index contributed by atoms with van der Waals surface area (Å²) in [6, 6.07) is 4.78. The summed E-state index contributed by atoms with van der Waals surface area (Å²) in [5, 5.41) is 13.6. The Balaban J connectivity index is 2.99. The number of hydrogen-bond acceptors (Lipinski definition) is 4. The van der Waals surface area contributed by atoms with Crippen molar-refractivity contribution in [3.05, 3.63) is 34.2 Å². The number of carbonyl (C=O) groups is 1. The molecule has 2 rings (SSSR count). The van der Waals surface area contributed by atoms with Gasteiger partial charge in [-0.15, -0.1) is 0 Å². The minimum absolute atomic E-state index is 0.161. The lowest BCUT2D eigenvalue weighted by molar-refractivity contribution is 0.169. The van der Waals surface area contributed by atoms with Crippen molar-refractivity contribution in [2.24, 2.45) is 10.8 Å². The van der Waals surface area contributed by atoms with Crippen LogP contribution in [0.3, 0.4) is 0 Å². The molecule has 190 valence electrons. The molecule has 0 spiro atoms. The normalized spacial score (nSPS) is 13.1. The van der Waals surface area contributed by atoms with Gasteiger partial charge in [0.2, 0.25) is 0 Å². The summed E-state index contributed by atoms with van der Waals surface area (Å²) in [5.41, 5.74) is -0.336. The Morgan fingerprint density at radius 2 is 1.71 bits per heavy atom. The summed E-state index contributed by atoms with van der Waals surface area (Å²) in [4.78, 5) is 25.7. The van der Waals surface area contributed by atoms with E-state index in [1.165, 1.54) is 0 Å². The third-order valence-corrected chi connectivity index (χ3v) is 5.49. The molecule has 1 aromatic carbocycles. The van der Waals surface area contributed by atoms with Crippen molar-refractivity contribution in [3.63, 3.8) is 0 Å². The monoisotopic (exact) mass is 474 g/mol. The number of pyridine rings is 1. The van der Waals surface area contributed by atoms with E-state index in [2.05, 4.69) is 33.0 Å². The molecule has 1 amide bonds. The Morgan fingerprint density at radius 3 is 2.24 bits per heavy atom. The first-order valence-electron chi connectivity index (χ1n) is 12.3. The molecule has 0 bridgehead atoms. The van der Waals surface area contributed by atoms with Crippen molar-refractivity contribution in [3.8, 4) is 11.5 Å². The van der Waals surface area contributed by atoms with Crippen LogP contribution in [0.5, 0.6) is 11.5 Å². The Bertz CT molecular complexity index is 1040. The fraction of sp³-hybridized carbons (Fsp3) is 0.630. The van der Waals surface area contributed by atoms with Gasteiger partial charge in [0.1, 0.15) is 11.5 Å². The minimum atomic E-state index is -1.14. The van der Waals surface area contributed by atoms with E-state index in [9.17, 15) is 14.7 Å². The van der Waals surface area contributed by atoms with Crippen LogP contribution >= 0.6 is 0 Å². The minimum Gasteiger partial charge on any atom is -0.494 e. The molecule has 0 aliphatic heterocycles. The van der Waals surface area contributed by atoms with E-state index in [4.69, 9.17) is 9.47 Å². The third kappa shape index (κ3) is 6.90. The molecule has 1 atom stereocenters. The van der Waals surface area contributed by atoms with E-state index in [0.29, 0.717) is 47.7 Å². The van der Waals surface area contributed by atoms with Gasteiger partial charge in [0.05, 0.1) is 30.3 Å². The molecule has 0 fully saturated rings. The molecule has 2 aromatic rings. The number of unbranched alkanes of at least 4 members (excludes halogenated alkanes) is 1. The van der Waals surface area contributed by atoms with Crippen LogP contribution in [0.1, 0.15) is 86.4 Å². The van der Waals surface area contributed by atoms with Crippen LogP contribution in [-0.4, -0.2) is 29.0 Å². The molecule has 1 heterocycles. The first-order valence-corrected chi connectivity index (χ1v) is 12.3.